The zero-order valence-corrected chi connectivity index (χ0v) is 14.3. The lowest BCUT2D eigenvalue weighted by molar-refractivity contribution is -0.140. The number of carbonyl (C=O) groups is 2. The molecule has 0 N–H and O–H groups in total. The number of carbonyl (C=O) groups excluding carboxylic acids is 2. The Kier molecular flexibility index (Phi) is 6.70. The van der Waals surface area contributed by atoms with E-state index in [1.54, 1.807) is 14.8 Å². The van der Waals surface area contributed by atoms with Crippen LogP contribution in [0.25, 0.3) is 0 Å². The van der Waals surface area contributed by atoms with Crippen molar-refractivity contribution in [2.45, 2.75) is 33.1 Å². The minimum Gasteiger partial charge on any atom is -0.302 e. The third-order valence-electron chi connectivity index (χ3n) is 4.04. The molecule has 0 saturated carbocycles. The standard InChI is InChI=1S/C15H26N4O2S/c1-3-18-14(20)13(15(21)19(4-2)22-18)12-16-8-11-17-9-6-5-7-10-17/h12-13H,3-11H2,1-2H3. The maximum Gasteiger partial charge on any atom is 0.251 e. The second-order valence-corrected chi connectivity index (χ2v) is 6.63. The van der Waals surface area contributed by atoms with Gasteiger partial charge in [0.1, 0.15) is 0 Å². The molecule has 2 saturated heterocycles. The van der Waals surface area contributed by atoms with E-state index < -0.39 is 5.92 Å². The highest BCUT2D eigenvalue weighted by atomic mass is 32.2. The summed E-state index contributed by atoms with van der Waals surface area (Å²) in [5.41, 5.74) is 0. The number of likely N-dealkylation sites (tertiary alicyclic amines) is 1. The van der Waals surface area contributed by atoms with E-state index in [2.05, 4.69) is 9.89 Å². The molecule has 2 aliphatic heterocycles. The predicted molar refractivity (Wildman–Crippen MR) is 89.5 cm³/mol. The molecule has 2 amide bonds. The van der Waals surface area contributed by atoms with Crippen molar-refractivity contribution in [3.63, 3.8) is 0 Å². The van der Waals surface area contributed by atoms with Crippen LogP contribution in [0.3, 0.4) is 0 Å². The number of aliphatic imine (C=N–C) groups is 1. The zero-order valence-electron chi connectivity index (χ0n) is 13.5. The molecule has 2 heterocycles. The average Bonchev–Trinajstić information content (AvgIpc) is 2.55. The molecular formula is C15H26N4O2S. The van der Waals surface area contributed by atoms with E-state index in [4.69, 9.17) is 0 Å². The van der Waals surface area contributed by atoms with E-state index in [0.29, 0.717) is 19.6 Å². The van der Waals surface area contributed by atoms with Gasteiger partial charge in [-0.05, 0) is 39.8 Å². The molecule has 6 nitrogen and oxygen atoms in total. The Balaban J connectivity index is 1.88. The summed E-state index contributed by atoms with van der Waals surface area (Å²) in [5, 5.41) is 0. The lowest BCUT2D eigenvalue weighted by Gasteiger charge is -2.34. The van der Waals surface area contributed by atoms with Gasteiger partial charge < -0.3 is 4.90 Å². The van der Waals surface area contributed by atoms with Crippen LogP contribution in [0.15, 0.2) is 4.99 Å². The molecule has 7 heteroatoms. The van der Waals surface area contributed by atoms with Gasteiger partial charge in [-0.1, -0.05) is 6.42 Å². The Labute approximate surface area is 137 Å². The Morgan fingerprint density at radius 3 is 2.23 bits per heavy atom. The Morgan fingerprint density at radius 1 is 1.09 bits per heavy atom. The highest BCUT2D eigenvalue weighted by Crippen LogP contribution is 2.26. The van der Waals surface area contributed by atoms with E-state index >= 15 is 0 Å². The summed E-state index contributed by atoms with van der Waals surface area (Å²) in [6.07, 6.45) is 5.40. The maximum atomic E-state index is 12.3. The number of piperidine rings is 1. The van der Waals surface area contributed by atoms with E-state index in [-0.39, 0.29) is 11.8 Å². The number of nitrogens with zero attached hydrogens (tertiary/aromatic N) is 4. The molecule has 0 aromatic heterocycles. The molecule has 2 fully saturated rings. The summed E-state index contributed by atoms with van der Waals surface area (Å²) >= 11 is 1.21. The van der Waals surface area contributed by atoms with Gasteiger partial charge in [-0.2, -0.15) is 0 Å². The summed E-state index contributed by atoms with van der Waals surface area (Å²) in [7, 11) is 0. The van der Waals surface area contributed by atoms with Crippen LogP contribution in [0.5, 0.6) is 0 Å². The molecule has 0 aromatic carbocycles. The van der Waals surface area contributed by atoms with Crippen LogP contribution >= 0.6 is 12.1 Å². The molecule has 0 radical (unpaired) electrons. The number of hydrogen-bond donors (Lipinski definition) is 0. The van der Waals surface area contributed by atoms with Crippen LogP contribution in [-0.2, 0) is 9.59 Å². The first-order chi connectivity index (χ1) is 10.7. The van der Waals surface area contributed by atoms with Crippen molar-refractivity contribution in [3.05, 3.63) is 0 Å². The van der Waals surface area contributed by atoms with E-state index in [0.717, 1.165) is 19.6 Å². The van der Waals surface area contributed by atoms with Crippen molar-refractivity contribution >= 4 is 30.2 Å². The highest BCUT2D eigenvalue weighted by molar-refractivity contribution is 7.95. The van der Waals surface area contributed by atoms with Crippen molar-refractivity contribution < 1.29 is 9.59 Å². The SMILES string of the molecule is CCN1SN(CC)C(=O)C(C=NCCN2CCCCC2)C1=O. The fourth-order valence-corrected chi connectivity index (χ4v) is 3.59. The van der Waals surface area contributed by atoms with Gasteiger partial charge >= 0.3 is 0 Å². The van der Waals surface area contributed by atoms with Gasteiger partial charge in [0.15, 0.2) is 5.92 Å². The van der Waals surface area contributed by atoms with Crippen LogP contribution < -0.4 is 0 Å². The number of rotatable bonds is 6. The molecule has 124 valence electrons. The lowest BCUT2D eigenvalue weighted by Crippen LogP contribution is -2.49. The summed E-state index contributed by atoms with van der Waals surface area (Å²) in [4.78, 5) is 31.3. The van der Waals surface area contributed by atoms with E-state index in [9.17, 15) is 9.59 Å². The van der Waals surface area contributed by atoms with Crippen molar-refractivity contribution in [3.8, 4) is 0 Å². The topological polar surface area (TPSA) is 56.2 Å². The first-order valence-corrected chi connectivity index (χ1v) is 8.93. The van der Waals surface area contributed by atoms with Crippen molar-refractivity contribution in [2.75, 3.05) is 39.3 Å². The third kappa shape index (κ3) is 4.23. The van der Waals surface area contributed by atoms with Gasteiger partial charge in [-0.15, -0.1) is 0 Å². The maximum absolute atomic E-state index is 12.3. The molecule has 0 spiro atoms. The first kappa shape index (κ1) is 17.3. The van der Waals surface area contributed by atoms with E-state index in [1.165, 1.54) is 31.4 Å². The van der Waals surface area contributed by atoms with Crippen molar-refractivity contribution in [1.29, 1.82) is 0 Å². The smallest absolute Gasteiger partial charge is 0.251 e. The second-order valence-electron chi connectivity index (χ2n) is 5.58. The second kappa shape index (κ2) is 8.53. The van der Waals surface area contributed by atoms with Gasteiger partial charge in [0, 0.05) is 25.8 Å². The van der Waals surface area contributed by atoms with Crippen molar-refractivity contribution in [2.24, 2.45) is 10.9 Å². The van der Waals surface area contributed by atoms with Crippen LogP contribution in [0.1, 0.15) is 33.1 Å². The van der Waals surface area contributed by atoms with Gasteiger partial charge in [-0.25, -0.2) is 0 Å². The van der Waals surface area contributed by atoms with Gasteiger partial charge in [-0.3, -0.25) is 23.2 Å². The fraction of sp³-hybridized carbons (Fsp3) is 0.800. The quantitative estimate of drug-likeness (QED) is 0.421. The molecule has 2 aliphatic rings. The largest absolute Gasteiger partial charge is 0.302 e. The minimum atomic E-state index is -0.748. The summed E-state index contributed by atoms with van der Waals surface area (Å²) in [5.74, 6) is -1.05. The van der Waals surface area contributed by atoms with Crippen LogP contribution in [0.4, 0.5) is 0 Å². The van der Waals surface area contributed by atoms with Gasteiger partial charge in [0.25, 0.3) is 11.8 Å². The van der Waals surface area contributed by atoms with Gasteiger partial charge in [0.05, 0.1) is 18.7 Å². The monoisotopic (exact) mass is 326 g/mol. The molecule has 0 atom stereocenters. The third-order valence-corrected chi connectivity index (χ3v) is 5.31. The van der Waals surface area contributed by atoms with Crippen molar-refractivity contribution in [1.82, 2.24) is 13.5 Å². The highest BCUT2D eigenvalue weighted by Gasteiger charge is 2.38. The Morgan fingerprint density at radius 2 is 1.68 bits per heavy atom. The molecule has 0 unspecified atom stereocenters. The zero-order chi connectivity index (χ0) is 15.9. The molecule has 0 bridgehead atoms. The summed E-state index contributed by atoms with van der Waals surface area (Å²) in [6.45, 7) is 8.86. The molecule has 22 heavy (non-hydrogen) atoms. The summed E-state index contributed by atoms with van der Waals surface area (Å²) in [6, 6.07) is 0. The number of amides is 2. The minimum absolute atomic E-state index is 0.149. The Hall–Kier alpha value is -1.08. The predicted octanol–water partition coefficient (Wildman–Crippen LogP) is 1.43. The van der Waals surface area contributed by atoms with Crippen LogP contribution in [0.2, 0.25) is 0 Å². The molecule has 0 aliphatic carbocycles. The Bertz CT molecular complexity index is 402. The average molecular weight is 326 g/mol. The van der Waals surface area contributed by atoms with Gasteiger partial charge in [0.2, 0.25) is 0 Å². The molecular weight excluding hydrogens is 300 g/mol. The normalized spacial score (nSPS) is 22.1. The summed E-state index contributed by atoms with van der Waals surface area (Å²) < 4.78 is 3.26. The fourth-order valence-electron chi connectivity index (χ4n) is 2.73. The number of hydrogen-bond acceptors (Lipinski definition) is 5. The lowest BCUT2D eigenvalue weighted by atomic mass is 10.1. The molecule has 0 aromatic rings. The van der Waals surface area contributed by atoms with Crippen LogP contribution in [-0.4, -0.2) is 70.8 Å². The first-order valence-electron chi connectivity index (χ1n) is 8.20. The van der Waals surface area contributed by atoms with E-state index in [1.807, 2.05) is 13.8 Å². The molecule has 2 rings (SSSR count). The van der Waals surface area contributed by atoms with Crippen LogP contribution in [0, 0.1) is 5.92 Å².